The molecule has 3 heteroatoms. The molecule has 0 atom stereocenters. The minimum Gasteiger partial charge on any atom is -0.352 e. The summed E-state index contributed by atoms with van der Waals surface area (Å²) in [4.78, 5) is 11.8. The summed E-state index contributed by atoms with van der Waals surface area (Å²) in [6.45, 7) is 0.677. The van der Waals surface area contributed by atoms with Gasteiger partial charge in [0.05, 0.1) is 0 Å². The lowest BCUT2D eigenvalue weighted by Gasteiger charge is -2.05. The van der Waals surface area contributed by atoms with Crippen LogP contribution in [0.15, 0.2) is 54.6 Å². The van der Waals surface area contributed by atoms with Crippen LogP contribution in [0.4, 0.5) is 0 Å². The van der Waals surface area contributed by atoms with Gasteiger partial charge in [-0.25, -0.2) is 0 Å². The van der Waals surface area contributed by atoms with Gasteiger partial charge in [-0.3, -0.25) is 4.79 Å². The number of nitrogens with one attached hydrogen (secondary N) is 1. The first-order chi connectivity index (χ1) is 9.25. The first kappa shape index (κ1) is 13.6. The van der Waals surface area contributed by atoms with Crippen molar-refractivity contribution < 1.29 is 4.79 Å². The fourth-order valence-corrected chi connectivity index (χ4v) is 1.97. The van der Waals surface area contributed by atoms with Crippen LogP contribution in [0.25, 0.3) is 0 Å². The van der Waals surface area contributed by atoms with Crippen molar-refractivity contribution in [1.82, 2.24) is 5.32 Å². The van der Waals surface area contributed by atoms with Crippen LogP contribution in [0.3, 0.4) is 0 Å². The van der Waals surface area contributed by atoms with Crippen LogP contribution in [0.2, 0.25) is 5.02 Å². The largest absolute Gasteiger partial charge is 0.352 e. The van der Waals surface area contributed by atoms with Gasteiger partial charge in [-0.15, -0.1) is 0 Å². The fourth-order valence-electron chi connectivity index (χ4n) is 1.84. The van der Waals surface area contributed by atoms with Crippen molar-refractivity contribution in [3.63, 3.8) is 0 Å². The molecule has 0 heterocycles. The number of aryl methyl sites for hydroxylation is 1. The molecule has 1 amide bonds. The van der Waals surface area contributed by atoms with Gasteiger partial charge in [-0.2, -0.15) is 0 Å². The smallest absolute Gasteiger partial charge is 0.251 e. The lowest BCUT2D eigenvalue weighted by Crippen LogP contribution is -2.24. The Hall–Kier alpha value is -1.80. The number of hydrogen-bond donors (Lipinski definition) is 1. The number of benzene rings is 2. The highest BCUT2D eigenvalue weighted by molar-refractivity contribution is 6.30. The first-order valence-electron chi connectivity index (χ1n) is 6.33. The Morgan fingerprint density at radius 1 is 1.00 bits per heavy atom. The molecule has 0 aliphatic rings. The number of rotatable bonds is 5. The standard InChI is InChI=1S/C16H16ClNO/c17-15-10-8-14(9-11-15)16(19)18-12-4-7-13-5-2-1-3-6-13/h1-3,5-6,8-11H,4,7,12H2,(H,18,19). The van der Waals surface area contributed by atoms with Crippen LogP contribution >= 0.6 is 11.6 Å². The Morgan fingerprint density at radius 3 is 2.37 bits per heavy atom. The zero-order valence-corrected chi connectivity index (χ0v) is 11.4. The molecule has 0 saturated carbocycles. The van der Waals surface area contributed by atoms with Crippen molar-refractivity contribution in [2.45, 2.75) is 12.8 Å². The predicted octanol–water partition coefficient (Wildman–Crippen LogP) is 3.70. The van der Waals surface area contributed by atoms with Crippen molar-refractivity contribution in [3.05, 3.63) is 70.7 Å². The van der Waals surface area contributed by atoms with E-state index in [0.717, 1.165) is 12.8 Å². The highest BCUT2D eigenvalue weighted by atomic mass is 35.5. The predicted molar refractivity (Wildman–Crippen MR) is 78.5 cm³/mol. The number of carbonyl (C=O) groups excluding carboxylic acids is 1. The quantitative estimate of drug-likeness (QED) is 0.827. The van der Waals surface area contributed by atoms with Gasteiger partial charge >= 0.3 is 0 Å². The van der Waals surface area contributed by atoms with Crippen LogP contribution in [0.5, 0.6) is 0 Å². The molecular formula is C16H16ClNO. The van der Waals surface area contributed by atoms with Gasteiger partial charge in [0.2, 0.25) is 0 Å². The Kier molecular flexibility index (Phi) is 4.99. The Bertz CT molecular complexity index is 522. The molecule has 0 aromatic heterocycles. The van der Waals surface area contributed by atoms with Crippen LogP contribution in [0.1, 0.15) is 22.3 Å². The minimum atomic E-state index is -0.0512. The second-order valence-electron chi connectivity index (χ2n) is 4.35. The van der Waals surface area contributed by atoms with Crippen LogP contribution in [0, 0.1) is 0 Å². The van der Waals surface area contributed by atoms with Crippen molar-refractivity contribution in [2.24, 2.45) is 0 Å². The summed E-state index contributed by atoms with van der Waals surface area (Å²) in [6.07, 6.45) is 1.91. The number of halogens is 1. The van der Waals surface area contributed by atoms with Gasteiger partial charge in [0, 0.05) is 17.1 Å². The zero-order valence-electron chi connectivity index (χ0n) is 10.6. The molecule has 19 heavy (non-hydrogen) atoms. The van der Waals surface area contributed by atoms with E-state index in [9.17, 15) is 4.79 Å². The molecule has 2 aromatic carbocycles. The zero-order chi connectivity index (χ0) is 13.5. The third-order valence-electron chi connectivity index (χ3n) is 2.88. The molecule has 1 N–H and O–H groups in total. The topological polar surface area (TPSA) is 29.1 Å². The summed E-state index contributed by atoms with van der Waals surface area (Å²) in [7, 11) is 0. The molecule has 0 bridgehead atoms. The summed E-state index contributed by atoms with van der Waals surface area (Å²) in [6, 6.07) is 17.2. The molecule has 0 aliphatic heterocycles. The highest BCUT2D eigenvalue weighted by Crippen LogP contribution is 2.09. The molecule has 2 rings (SSSR count). The lowest BCUT2D eigenvalue weighted by atomic mass is 10.1. The normalized spacial score (nSPS) is 10.2. The van der Waals surface area contributed by atoms with Gasteiger partial charge in [-0.1, -0.05) is 41.9 Å². The fraction of sp³-hybridized carbons (Fsp3) is 0.188. The molecular weight excluding hydrogens is 258 g/mol. The third kappa shape index (κ3) is 4.42. The van der Waals surface area contributed by atoms with E-state index < -0.39 is 0 Å². The van der Waals surface area contributed by atoms with E-state index in [-0.39, 0.29) is 5.91 Å². The molecule has 0 fully saturated rings. The van der Waals surface area contributed by atoms with Crippen LogP contribution in [-0.4, -0.2) is 12.5 Å². The minimum absolute atomic E-state index is 0.0512. The molecule has 98 valence electrons. The summed E-state index contributed by atoms with van der Waals surface area (Å²) in [5.41, 5.74) is 1.94. The monoisotopic (exact) mass is 273 g/mol. The Morgan fingerprint density at radius 2 is 1.68 bits per heavy atom. The lowest BCUT2D eigenvalue weighted by molar-refractivity contribution is 0.0953. The van der Waals surface area contributed by atoms with Gasteiger partial charge in [-0.05, 0) is 42.7 Å². The molecule has 0 saturated heterocycles. The van der Waals surface area contributed by atoms with Gasteiger partial charge < -0.3 is 5.32 Å². The summed E-state index contributed by atoms with van der Waals surface area (Å²) >= 11 is 5.78. The van der Waals surface area contributed by atoms with E-state index in [1.807, 2.05) is 18.2 Å². The molecule has 0 radical (unpaired) electrons. The number of amides is 1. The maximum Gasteiger partial charge on any atom is 0.251 e. The van der Waals surface area contributed by atoms with Crippen LogP contribution in [-0.2, 0) is 6.42 Å². The molecule has 0 unspecified atom stereocenters. The van der Waals surface area contributed by atoms with Crippen molar-refractivity contribution >= 4 is 17.5 Å². The Labute approximate surface area is 118 Å². The molecule has 0 spiro atoms. The van der Waals surface area contributed by atoms with Crippen molar-refractivity contribution in [2.75, 3.05) is 6.54 Å². The summed E-state index contributed by atoms with van der Waals surface area (Å²) in [5, 5.41) is 3.55. The van der Waals surface area contributed by atoms with Crippen LogP contribution < -0.4 is 5.32 Å². The van der Waals surface area contributed by atoms with E-state index >= 15 is 0 Å². The maximum atomic E-state index is 11.8. The second kappa shape index (κ2) is 6.95. The van der Waals surface area contributed by atoms with Gasteiger partial charge in [0.25, 0.3) is 5.91 Å². The Balaban J connectivity index is 1.74. The SMILES string of the molecule is O=C(NCCCc1ccccc1)c1ccc(Cl)cc1. The summed E-state index contributed by atoms with van der Waals surface area (Å²) < 4.78 is 0. The van der Waals surface area contributed by atoms with E-state index in [1.165, 1.54) is 5.56 Å². The number of hydrogen-bond acceptors (Lipinski definition) is 1. The third-order valence-corrected chi connectivity index (χ3v) is 3.13. The van der Waals surface area contributed by atoms with E-state index in [2.05, 4.69) is 17.4 Å². The first-order valence-corrected chi connectivity index (χ1v) is 6.71. The van der Waals surface area contributed by atoms with E-state index in [0.29, 0.717) is 17.1 Å². The van der Waals surface area contributed by atoms with Crippen molar-refractivity contribution in [3.8, 4) is 0 Å². The average Bonchev–Trinajstić information content (AvgIpc) is 2.45. The maximum absolute atomic E-state index is 11.8. The average molecular weight is 274 g/mol. The molecule has 2 nitrogen and oxygen atoms in total. The van der Waals surface area contributed by atoms with Gasteiger partial charge in [0.15, 0.2) is 0 Å². The van der Waals surface area contributed by atoms with E-state index in [1.54, 1.807) is 24.3 Å². The molecule has 0 aliphatic carbocycles. The van der Waals surface area contributed by atoms with E-state index in [4.69, 9.17) is 11.6 Å². The van der Waals surface area contributed by atoms with Gasteiger partial charge in [0.1, 0.15) is 0 Å². The number of carbonyl (C=O) groups is 1. The second-order valence-corrected chi connectivity index (χ2v) is 4.79. The highest BCUT2D eigenvalue weighted by Gasteiger charge is 2.03. The summed E-state index contributed by atoms with van der Waals surface area (Å²) in [5.74, 6) is -0.0512. The molecule has 2 aromatic rings. The van der Waals surface area contributed by atoms with Crippen molar-refractivity contribution in [1.29, 1.82) is 0 Å².